The van der Waals surface area contributed by atoms with E-state index >= 15 is 0 Å². The summed E-state index contributed by atoms with van der Waals surface area (Å²) in [4.78, 5) is 16.5. The number of nitrogens with zero attached hydrogens (tertiary/aromatic N) is 1. The first-order valence-electron chi connectivity index (χ1n) is 7.75. The molecule has 3 rings (SSSR count). The standard InChI is InChI=1S/C18H18N2O4S/c1-3-23-10-14-8-12(4-5-16(14)22-2)15-11-25-18(19-15)20-17(21)13-6-7-24-9-13/h4-9,11H,3,10H2,1-2H3,(H,19,20,21). The van der Waals surface area contributed by atoms with Crippen molar-refractivity contribution in [3.8, 4) is 17.0 Å². The zero-order valence-electron chi connectivity index (χ0n) is 13.9. The third-order valence-corrected chi connectivity index (χ3v) is 4.30. The minimum Gasteiger partial charge on any atom is -0.496 e. The van der Waals surface area contributed by atoms with Crippen LogP contribution in [0, 0.1) is 0 Å². The number of hydrogen-bond acceptors (Lipinski definition) is 6. The van der Waals surface area contributed by atoms with Crippen LogP contribution in [0.1, 0.15) is 22.8 Å². The van der Waals surface area contributed by atoms with Crippen LogP contribution in [0.5, 0.6) is 5.75 Å². The smallest absolute Gasteiger partial charge is 0.260 e. The van der Waals surface area contributed by atoms with Crippen LogP contribution in [0.15, 0.2) is 46.6 Å². The van der Waals surface area contributed by atoms with Crippen LogP contribution < -0.4 is 10.1 Å². The van der Waals surface area contributed by atoms with Crippen LogP contribution >= 0.6 is 11.3 Å². The predicted molar refractivity (Wildman–Crippen MR) is 96.1 cm³/mol. The molecule has 130 valence electrons. The van der Waals surface area contributed by atoms with Crippen molar-refractivity contribution >= 4 is 22.4 Å². The van der Waals surface area contributed by atoms with E-state index in [4.69, 9.17) is 13.9 Å². The summed E-state index contributed by atoms with van der Waals surface area (Å²) in [5.41, 5.74) is 3.14. The molecule has 0 aliphatic rings. The minimum atomic E-state index is -0.249. The molecule has 1 amide bonds. The second-order valence-electron chi connectivity index (χ2n) is 5.17. The maximum Gasteiger partial charge on any atom is 0.260 e. The fraction of sp³-hybridized carbons (Fsp3) is 0.222. The van der Waals surface area contributed by atoms with Crippen LogP contribution in [0.3, 0.4) is 0 Å². The Morgan fingerprint density at radius 3 is 2.96 bits per heavy atom. The van der Waals surface area contributed by atoms with E-state index in [1.54, 1.807) is 13.2 Å². The first-order chi connectivity index (χ1) is 12.2. The van der Waals surface area contributed by atoms with Crippen molar-refractivity contribution in [3.05, 3.63) is 53.3 Å². The number of benzene rings is 1. The first-order valence-corrected chi connectivity index (χ1v) is 8.63. The van der Waals surface area contributed by atoms with Crippen molar-refractivity contribution in [2.45, 2.75) is 13.5 Å². The van der Waals surface area contributed by atoms with Gasteiger partial charge in [0.1, 0.15) is 12.0 Å². The Kier molecular flexibility index (Phi) is 5.47. The topological polar surface area (TPSA) is 73.6 Å². The van der Waals surface area contributed by atoms with Gasteiger partial charge in [0.2, 0.25) is 0 Å². The zero-order valence-corrected chi connectivity index (χ0v) is 14.8. The number of methoxy groups -OCH3 is 1. The van der Waals surface area contributed by atoms with Gasteiger partial charge in [-0.2, -0.15) is 0 Å². The molecule has 1 N–H and O–H groups in total. The van der Waals surface area contributed by atoms with E-state index in [1.165, 1.54) is 23.9 Å². The Balaban J connectivity index is 1.78. The number of carbonyl (C=O) groups excluding carboxylic acids is 1. The van der Waals surface area contributed by atoms with E-state index in [9.17, 15) is 4.79 Å². The molecule has 0 aliphatic heterocycles. The third-order valence-electron chi connectivity index (χ3n) is 3.55. The highest BCUT2D eigenvalue weighted by Crippen LogP contribution is 2.29. The third kappa shape index (κ3) is 4.07. The van der Waals surface area contributed by atoms with Crippen molar-refractivity contribution < 1.29 is 18.7 Å². The largest absolute Gasteiger partial charge is 0.496 e. The molecule has 2 aromatic heterocycles. The van der Waals surface area contributed by atoms with Gasteiger partial charge in [0, 0.05) is 23.1 Å². The fourth-order valence-electron chi connectivity index (χ4n) is 2.29. The summed E-state index contributed by atoms with van der Waals surface area (Å²) in [5.74, 6) is 0.530. The zero-order chi connectivity index (χ0) is 17.6. The fourth-order valence-corrected chi connectivity index (χ4v) is 3.00. The quantitative estimate of drug-likeness (QED) is 0.685. The number of hydrogen-bond donors (Lipinski definition) is 1. The molecule has 0 saturated carbocycles. The lowest BCUT2D eigenvalue weighted by atomic mass is 10.1. The Labute approximate surface area is 149 Å². The number of nitrogens with one attached hydrogen (secondary N) is 1. The Bertz CT molecular complexity index is 843. The average molecular weight is 358 g/mol. The number of thiazole rings is 1. The van der Waals surface area contributed by atoms with Gasteiger partial charge < -0.3 is 13.9 Å². The van der Waals surface area contributed by atoms with Gasteiger partial charge in [0.15, 0.2) is 5.13 Å². The normalized spacial score (nSPS) is 10.6. The molecule has 3 aromatic rings. The summed E-state index contributed by atoms with van der Waals surface area (Å²) >= 11 is 1.37. The number of anilines is 1. The van der Waals surface area contributed by atoms with E-state index in [2.05, 4.69) is 10.3 Å². The van der Waals surface area contributed by atoms with Gasteiger partial charge in [0.05, 0.1) is 31.2 Å². The summed E-state index contributed by atoms with van der Waals surface area (Å²) < 4.78 is 15.8. The SMILES string of the molecule is CCOCc1cc(-c2csc(NC(=O)c3ccoc3)n2)ccc1OC. The second kappa shape index (κ2) is 7.96. The van der Waals surface area contributed by atoms with Crippen molar-refractivity contribution in [1.29, 1.82) is 0 Å². The number of aromatic nitrogens is 1. The van der Waals surface area contributed by atoms with Crippen LogP contribution in [-0.2, 0) is 11.3 Å². The molecule has 0 spiro atoms. The molecule has 2 heterocycles. The van der Waals surface area contributed by atoms with Crippen LogP contribution in [0.25, 0.3) is 11.3 Å². The highest BCUT2D eigenvalue weighted by atomic mass is 32.1. The molecular weight excluding hydrogens is 340 g/mol. The van der Waals surface area contributed by atoms with E-state index in [1.807, 2.05) is 30.5 Å². The number of rotatable bonds is 7. The maximum atomic E-state index is 12.0. The van der Waals surface area contributed by atoms with Crippen molar-refractivity contribution in [1.82, 2.24) is 4.98 Å². The number of amides is 1. The molecule has 6 nitrogen and oxygen atoms in total. The molecule has 0 radical (unpaired) electrons. The Hall–Kier alpha value is -2.64. The van der Waals surface area contributed by atoms with Gasteiger partial charge in [-0.3, -0.25) is 10.1 Å². The molecule has 1 aromatic carbocycles. The summed E-state index contributed by atoms with van der Waals surface area (Å²) in [7, 11) is 1.64. The second-order valence-corrected chi connectivity index (χ2v) is 6.03. The summed E-state index contributed by atoms with van der Waals surface area (Å²) in [6.07, 6.45) is 2.85. The molecule has 0 fully saturated rings. The summed E-state index contributed by atoms with van der Waals surface area (Å²) in [6.45, 7) is 3.06. The highest BCUT2D eigenvalue weighted by molar-refractivity contribution is 7.14. The molecule has 0 saturated heterocycles. The lowest BCUT2D eigenvalue weighted by molar-refractivity contribution is 0.102. The maximum absolute atomic E-state index is 12.0. The summed E-state index contributed by atoms with van der Waals surface area (Å²) in [6, 6.07) is 7.43. The van der Waals surface area contributed by atoms with E-state index in [0.717, 1.165) is 22.6 Å². The molecule has 0 atom stereocenters. The van der Waals surface area contributed by atoms with Crippen molar-refractivity contribution in [2.75, 3.05) is 19.0 Å². The summed E-state index contributed by atoms with van der Waals surface area (Å²) in [5, 5.41) is 5.20. The molecule has 0 aliphatic carbocycles. The minimum absolute atomic E-state index is 0.249. The van der Waals surface area contributed by atoms with E-state index in [0.29, 0.717) is 23.9 Å². The molecule has 7 heteroatoms. The number of carbonyl (C=O) groups is 1. The van der Waals surface area contributed by atoms with Crippen molar-refractivity contribution in [2.24, 2.45) is 0 Å². The van der Waals surface area contributed by atoms with E-state index in [-0.39, 0.29) is 5.91 Å². The van der Waals surface area contributed by atoms with Gasteiger partial charge in [-0.05, 0) is 31.2 Å². The Morgan fingerprint density at radius 2 is 2.24 bits per heavy atom. The lowest BCUT2D eigenvalue weighted by Crippen LogP contribution is -2.10. The van der Waals surface area contributed by atoms with Gasteiger partial charge >= 0.3 is 0 Å². The molecule has 0 unspecified atom stereocenters. The average Bonchev–Trinajstić information content (AvgIpc) is 3.31. The lowest BCUT2D eigenvalue weighted by Gasteiger charge is -2.10. The number of furan rings is 1. The van der Waals surface area contributed by atoms with Gasteiger partial charge in [-0.25, -0.2) is 4.98 Å². The molecule has 0 bridgehead atoms. The van der Waals surface area contributed by atoms with Gasteiger partial charge in [0.25, 0.3) is 5.91 Å². The first kappa shape index (κ1) is 17.2. The monoisotopic (exact) mass is 358 g/mol. The van der Waals surface area contributed by atoms with E-state index < -0.39 is 0 Å². The Morgan fingerprint density at radius 1 is 1.36 bits per heavy atom. The van der Waals surface area contributed by atoms with Crippen molar-refractivity contribution in [3.63, 3.8) is 0 Å². The predicted octanol–water partition coefficient (Wildman–Crippen LogP) is 4.20. The van der Waals surface area contributed by atoms with Gasteiger partial charge in [-0.1, -0.05) is 0 Å². The van der Waals surface area contributed by atoms with Crippen LogP contribution in [-0.4, -0.2) is 24.6 Å². The molecular formula is C18H18N2O4S. The highest BCUT2D eigenvalue weighted by Gasteiger charge is 2.12. The number of ether oxygens (including phenoxy) is 2. The molecule has 25 heavy (non-hydrogen) atoms. The van der Waals surface area contributed by atoms with Crippen LogP contribution in [0.2, 0.25) is 0 Å². The van der Waals surface area contributed by atoms with Gasteiger partial charge in [-0.15, -0.1) is 11.3 Å². The van der Waals surface area contributed by atoms with Crippen LogP contribution in [0.4, 0.5) is 5.13 Å².